The van der Waals surface area contributed by atoms with Crippen LogP contribution >= 0.6 is 0 Å². The number of anilines is 2. The van der Waals surface area contributed by atoms with Crippen LogP contribution in [-0.4, -0.2) is 33.9 Å². The number of pyridine rings is 1. The van der Waals surface area contributed by atoms with Crippen LogP contribution in [0.5, 0.6) is 0 Å². The van der Waals surface area contributed by atoms with E-state index in [1.165, 1.54) is 0 Å². The highest BCUT2D eigenvalue weighted by Gasteiger charge is 2.22. The summed E-state index contributed by atoms with van der Waals surface area (Å²) >= 11 is 0. The molecule has 1 aliphatic rings. The van der Waals surface area contributed by atoms with Crippen LogP contribution < -0.4 is 10.2 Å². The number of nitrogens with zero attached hydrogens (tertiary/aromatic N) is 4. The van der Waals surface area contributed by atoms with Crippen molar-refractivity contribution in [2.24, 2.45) is 0 Å². The number of benzene rings is 1. The molecule has 138 valence electrons. The smallest absolute Gasteiger partial charge is 0.293 e. The molecule has 0 aliphatic carbocycles. The van der Waals surface area contributed by atoms with Crippen molar-refractivity contribution in [1.29, 1.82) is 0 Å². The lowest BCUT2D eigenvalue weighted by molar-refractivity contribution is 0.101. The van der Waals surface area contributed by atoms with Crippen molar-refractivity contribution in [2.45, 2.75) is 33.6 Å². The standard InChI is InChI=1S/C21H23N5O/c1-13-8-4-5-9-16(13)23-21(27)19-24-18-17(14(2)12-15(3)22-18)20(25-19)26-10-6-7-11-26/h4-5,8-9,12H,6-7,10-11H2,1-3H3,(H,23,27). The summed E-state index contributed by atoms with van der Waals surface area (Å²) in [6.07, 6.45) is 2.27. The Labute approximate surface area is 158 Å². The fourth-order valence-corrected chi connectivity index (χ4v) is 3.61. The van der Waals surface area contributed by atoms with Gasteiger partial charge in [0, 0.05) is 24.5 Å². The second kappa shape index (κ2) is 6.95. The Bertz CT molecular complexity index is 1020. The van der Waals surface area contributed by atoms with E-state index >= 15 is 0 Å². The van der Waals surface area contributed by atoms with Gasteiger partial charge < -0.3 is 10.2 Å². The quantitative estimate of drug-likeness (QED) is 0.768. The number of hydrogen-bond donors (Lipinski definition) is 1. The Morgan fingerprint density at radius 1 is 1.00 bits per heavy atom. The van der Waals surface area contributed by atoms with Crippen LogP contribution in [0.1, 0.15) is 40.3 Å². The molecule has 2 aromatic heterocycles. The average Bonchev–Trinajstić information content (AvgIpc) is 3.17. The number of rotatable bonds is 3. The summed E-state index contributed by atoms with van der Waals surface area (Å²) in [6, 6.07) is 9.72. The zero-order valence-electron chi connectivity index (χ0n) is 15.9. The summed E-state index contributed by atoms with van der Waals surface area (Å²) < 4.78 is 0. The SMILES string of the molecule is Cc1cc(C)c2c(N3CCCC3)nc(C(=O)Nc3ccccc3C)nc2n1. The van der Waals surface area contributed by atoms with E-state index < -0.39 is 0 Å². The number of aryl methyl sites for hydroxylation is 3. The maximum atomic E-state index is 12.9. The maximum Gasteiger partial charge on any atom is 0.293 e. The number of hydrogen-bond acceptors (Lipinski definition) is 5. The monoisotopic (exact) mass is 361 g/mol. The number of amides is 1. The van der Waals surface area contributed by atoms with E-state index in [0.29, 0.717) is 5.65 Å². The van der Waals surface area contributed by atoms with Gasteiger partial charge >= 0.3 is 0 Å². The third-order valence-corrected chi connectivity index (χ3v) is 4.97. The molecule has 27 heavy (non-hydrogen) atoms. The third-order valence-electron chi connectivity index (χ3n) is 4.97. The molecular weight excluding hydrogens is 338 g/mol. The number of para-hydroxylation sites is 1. The average molecular weight is 361 g/mol. The molecule has 0 radical (unpaired) electrons. The van der Waals surface area contributed by atoms with Crippen LogP contribution in [0.25, 0.3) is 11.0 Å². The molecule has 1 N–H and O–H groups in total. The van der Waals surface area contributed by atoms with Gasteiger partial charge in [0.15, 0.2) is 5.65 Å². The molecule has 0 bridgehead atoms. The van der Waals surface area contributed by atoms with E-state index in [2.05, 4.69) is 25.2 Å². The van der Waals surface area contributed by atoms with Crippen LogP contribution in [-0.2, 0) is 0 Å². The van der Waals surface area contributed by atoms with Crippen molar-refractivity contribution in [2.75, 3.05) is 23.3 Å². The summed E-state index contributed by atoms with van der Waals surface area (Å²) in [6.45, 7) is 7.83. The van der Waals surface area contributed by atoms with Gasteiger partial charge in [0.1, 0.15) is 5.82 Å². The Kier molecular flexibility index (Phi) is 4.48. The summed E-state index contributed by atoms with van der Waals surface area (Å²) in [5.74, 6) is 0.662. The van der Waals surface area contributed by atoms with Gasteiger partial charge in [0.05, 0.1) is 5.39 Å². The zero-order valence-corrected chi connectivity index (χ0v) is 15.9. The van der Waals surface area contributed by atoms with E-state index in [1.807, 2.05) is 51.1 Å². The first-order chi connectivity index (χ1) is 13.0. The normalized spacial score (nSPS) is 14.0. The van der Waals surface area contributed by atoms with Gasteiger partial charge in [0.2, 0.25) is 5.82 Å². The minimum absolute atomic E-state index is 0.158. The van der Waals surface area contributed by atoms with Crippen molar-refractivity contribution in [1.82, 2.24) is 15.0 Å². The number of nitrogens with one attached hydrogen (secondary N) is 1. The van der Waals surface area contributed by atoms with Gasteiger partial charge in [-0.25, -0.2) is 15.0 Å². The van der Waals surface area contributed by atoms with Crippen LogP contribution in [0.3, 0.4) is 0 Å². The fourth-order valence-electron chi connectivity index (χ4n) is 3.61. The zero-order chi connectivity index (χ0) is 19.0. The van der Waals surface area contributed by atoms with Crippen molar-refractivity contribution in [3.05, 3.63) is 53.0 Å². The number of aromatic nitrogens is 3. The van der Waals surface area contributed by atoms with E-state index in [1.54, 1.807) is 0 Å². The Morgan fingerprint density at radius 2 is 1.74 bits per heavy atom. The molecule has 6 heteroatoms. The number of carbonyl (C=O) groups excluding carboxylic acids is 1. The Balaban J connectivity index is 1.81. The molecule has 0 spiro atoms. The second-order valence-corrected chi connectivity index (χ2v) is 7.11. The largest absolute Gasteiger partial charge is 0.356 e. The highest BCUT2D eigenvalue weighted by atomic mass is 16.2. The molecule has 1 amide bonds. The fraction of sp³-hybridized carbons (Fsp3) is 0.333. The first-order valence-electron chi connectivity index (χ1n) is 9.31. The molecule has 1 aromatic carbocycles. The van der Waals surface area contributed by atoms with Crippen molar-refractivity contribution < 1.29 is 4.79 Å². The Hall–Kier alpha value is -3.02. The highest BCUT2D eigenvalue weighted by molar-refractivity contribution is 6.04. The molecule has 3 heterocycles. The minimum atomic E-state index is -0.312. The highest BCUT2D eigenvalue weighted by Crippen LogP contribution is 2.29. The molecule has 1 aliphatic heterocycles. The predicted octanol–water partition coefficient (Wildman–Crippen LogP) is 3.80. The summed E-state index contributed by atoms with van der Waals surface area (Å²) in [7, 11) is 0. The lowest BCUT2D eigenvalue weighted by Gasteiger charge is -2.20. The topological polar surface area (TPSA) is 71.0 Å². The number of fused-ring (bicyclic) bond motifs is 1. The minimum Gasteiger partial charge on any atom is -0.356 e. The molecule has 4 rings (SSSR count). The summed E-state index contributed by atoms with van der Waals surface area (Å²) in [5.41, 5.74) is 4.32. The van der Waals surface area contributed by atoms with Gasteiger partial charge in [-0.15, -0.1) is 0 Å². The van der Waals surface area contributed by atoms with E-state index in [9.17, 15) is 4.79 Å². The molecule has 3 aromatic rings. The molecule has 1 saturated heterocycles. The summed E-state index contributed by atoms with van der Waals surface area (Å²) in [5, 5.41) is 3.87. The maximum absolute atomic E-state index is 12.9. The van der Waals surface area contributed by atoms with Gasteiger partial charge in [0.25, 0.3) is 5.91 Å². The molecule has 0 atom stereocenters. The van der Waals surface area contributed by atoms with E-state index in [4.69, 9.17) is 0 Å². The predicted molar refractivity (Wildman–Crippen MR) is 107 cm³/mol. The molecule has 6 nitrogen and oxygen atoms in total. The van der Waals surface area contributed by atoms with E-state index in [-0.39, 0.29) is 11.7 Å². The number of carbonyl (C=O) groups is 1. The molecule has 0 unspecified atom stereocenters. The van der Waals surface area contributed by atoms with Crippen LogP contribution in [0, 0.1) is 20.8 Å². The van der Waals surface area contributed by atoms with Gasteiger partial charge in [-0.3, -0.25) is 4.79 Å². The van der Waals surface area contributed by atoms with Crippen molar-refractivity contribution >= 4 is 28.4 Å². The first kappa shape index (κ1) is 17.4. The van der Waals surface area contributed by atoms with Gasteiger partial charge in [-0.1, -0.05) is 18.2 Å². The lowest BCUT2D eigenvalue weighted by atomic mass is 10.1. The summed E-state index contributed by atoms with van der Waals surface area (Å²) in [4.78, 5) is 28.8. The van der Waals surface area contributed by atoms with E-state index in [0.717, 1.165) is 59.6 Å². The third kappa shape index (κ3) is 3.35. The van der Waals surface area contributed by atoms with Crippen molar-refractivity contribution in [3.8, 4) is 0 Å². The van der Waals surface area contributed by atoms with Gasteiger partial charge in [-0.05, 0) is 56.9 Å². The first-order valence-corrected chi connectivity index (χ1v) is 9.31. The van der Waals surface area contributed by atoms with Crippen LogP contribution in [0.4, 0.5) is 11.5 Å². The lowest BCUT2D eigenvalue weighted by Crippen LogP contribution is -2.23. The van der Waals surface area contributed by atoms with Crippen LogP contribution in [0.15, 0.2) is 30.3 Å². The van der Waals surface area contributed by atoms with Crippen LogP contribution in [0.2, 0.25) is 0 Å². The molecular formula is C21H23N5O. The molecule has 0 saturated carbocycles. The van der Waals surface area contributed by atoms with Gasteiger partial charge in [-0.2, -0.15) is 0 Å². The second-order valence-electron chi connectivity index (χ2n) is 7.11. The molecule has 1 fully saturated rings. The Morgan fingerprint density at radius 3 is 2.48 bits per heavy atom. The van der Waals surface area contributed by atoms with Crippen molar-refractivity contribution in [3.63, 3.8) is 0 Å².